The zero-order valence-corrected chi connectivity index (χ0v) is 14.6. The molecule has 0 aliphatic carbocycles. The monoisotopic (exact) mass is 335 g/mol. The van der Waals surface area contributed by atoms with Crippen molar-refractivity contribution >= 4 is 17.5 Å². The van der Waals surface area contributed by atoms with Crippen LogP contribution in [0.2, 0.25) is 0 Å². The van der Waals surface area contributed by atoms with Crippen molar-refractivity contribution in [2.45, 2.75) is 0 Å². The molecule has 25 heavy (non-hydrogen) atoms. The molecular weight excluding hydrogens is 314 g/mol. The van der Waals surface area contributed by atoms with Crippen LogP contribution < -0.4 is 15.5 Å². The summed E-state index contributed by atoms with van der Waals surface area (Å²) < 4.78 is 0. The van der Waals surface area contributed by atoms with E-state index in [1.54, 1.807) is 31.3 Å². The Hall–Kier alpha value is -3.26. The first kappa shape index (κ1) is 18.1. The lowest BCUT2D eigenvalue weighted by Crippen LogP contribution is -2.24. The maximum absolute atomic E-state index is 12.2. The van der Waals surface area contributed by atoms with Crippen molar-refractivity contribution in [2.24, 2.45) is 0 Å². The third kappa shape index (κ3) is 4.85. The molecule has 2 N–H and O–H groups in total. The van der Waals surface area contributed by atoms with Crippen molar-refractivity contribution in [3.63, 3.8) is 0 Å². The molecule has 0 saturated carbocycles. The molecule has 0 spiro atoms. The van der Waals surface area contributed by atoms with Gasteiger partial charge in [-0.25, -0.2) is 0 Å². The highest BCUT2D eigenvalue weighted by atomic mass is 16.2. The van der Waals surface area contributed by atoms with Crippen LogP contribution in [0.15, 0.2) is 48.5 Å². The lowest BCUT2D eigenvalue weighted by atomic mass is 10.1. The van der Waals surface area contributed by atoms with E-state index in [4.69, 9.17) is 0 Å². The molecule has 2 rings (SSSR count). The quantitative estimate of drug-likeness (QED) is 0.839. The molecule has 5 heteroatoms. The Kier molecular flexibility index (Phi) is 6.19. The average Bonchev–Trinajstić information content (AvgIpc) is 2.64. The topological polar surface area (TPSA) is 61.4 Å². The van der Waals surface area contributed by atoms with Gasteiger partial charge in [-0.2, -0.15) is 0 Å². The zero-order valence-electron chi connectivity index (χ0n) is 14.6. The minimum Gasteiger partial charge on any atom is -0.378 e. The smallest absolute Gasteiger partial charge is 0.252 e. The van der Waals surface area contributed by atoms with Crippen LogP contribution in [0, 0.1) is 11.8 Å². The van der Waals surface area contributed by atoms with Crippen LogP contribution in [0.1, 0.15) is 26.3 Å². The summed E-state index contributed by atoms with van der Waals surface area (Å²) in [5.41, 5.74) is 2.69. The molecule has 128 valence electrons. The van der Waals surface area contributed by atoms with Gasteiger partial charge in [0.05, 0.1) is 12.1 Å². The van der Waals surface area contributed by atoms with Crippen LogP contribution in [0.4, 0.5) is 5.69 Å². The predicted octanol–water partition coefficient (Wildman–Crippen LogP) is 1.89. The van der Waals surface area contributed by atoms with Crippen molar-refractivity contribution in [3.8, 4) is 11.8 Å². The molecule has 0 bridgehead atoms. The first-order chi connectivity index (χ1) is 12.0. The Morgan fingerprint density at radius 3 is 2.52 bits per heavy atom. The summed E-state index contributed by atoms with van der Waals surface area (Å²) in [4.78, 5) is 25.9. The second-order valence-electron chi connectivity index (χ2n) is 5.55. The predicted molar refractivity (Wildman–Crippen MR) is 99.8 cm³/mol. The summed E-state index contributed by atoms with van der Waals surface area (Å²) in [6, 6.07) is 14.5. The number of carbonyl (C=O) groups excluding carboxylic acids is 2. The first-order valence-corrected chi connectivity index (χ1v) is 7.88. The largest absolute Gasteiger partial charge is 0.378 e. The maximum atomic E-state index is 12.2. The number of rotatable bonds is 4. The standard InChI is InChI=1S/C20H21N3O2/c1-21-20(25)18-12-5-4-8-15(18)10-7-13-22-19(24)16-9-6-11-17(14-16)23(2)3/h4-6,8-9,11-12,14H,13H2,1-3H3,(H,21,25)(H,22,24). The number of anilines is 1. The molecule has 0 heterocycles. The van der Waals surface area contributed by atoms with E-state index in [2.05, 4.69) is 22.5 Å². The summed E-state index contributed by atoms with van der Waals surface area (Å²) in [7, 11) is 5.42. The second kappa shape index (κ2) is 8.55. The van der Waals surface area contributed by atoms with Gasteiger partial charge in [-0.15, -0.1) is 0 Å². The third-order valence-electron chi connectivity index (χ3n) is 3.58. The molecule has 0 aromatic heterocycles. The molecule has 2 amide bonds. The van der Waals surface area contributed by atoms with Crippen LogP contribution in [-0.2, 0) is 0 Å². The lowest BCUT2D eigenvalue weighted by molar-refractivity contribution is 0.0952. The van der Waals surface area contributed by atoms with E-state index in [0.29, 0.717) is 16.7 Å². The van der Waals surface area contributed by atoms with Crippen LogP contribution in [0.3, 0.4) is 0 Å². The first-order valence-electron chi connectivity index (χ1n) is 7.88. The molecule has 2 aromatic carbocycles. The van der Waals surface area contributed by atoms with Gasteiger partial charge in [0.1, 0.15) is 0 Å². The number of carbonyl (C=O) groups is 2. The summed E-state index contributed by atoms with van der Waals surface area (Å²) >= 11 is 0. The average molecular weight is 335 g/mol. The maximum Gasteiger partial charge on any atom is 0.252 e. The second-order valence-corrected chi connectivity index (χ2v) is 5.55. The van der Waals surface area contributed by atoms with Gasteiger partial charge >= 0.3 is 0 Å². The minimum absolute atomic E-state index is 0.183. The highest BCUT2D eigenvalue weighted by molar-refractivity contribution is 5.96. The van der Waals surface area contributed by atoms with Crippen molar-refractivity contribution in [3.05, 3.63) is 65.2 Å². The van der Waals surface area contributed by atoms with Gasteiger partial charge in [0.2, 0.25) is 0 Å². The summed E-state index contributed by atoms with van der Waals surface area (Å²) in [5.74, 6) is 5.45. The molecule has 0 saturated heterocycles. The molecule has 5 nitrogen and oxygen atoms in total. The number of nitrogens with one attached hydrogen (secondary N) is 2. The van der Waals surface area contributed by atoms with Crippen LogP contribution >= 0.6 is 0 Å². The molecule has 0 fully saturated rings. The fraction of sp³-hybridized carbons (Fsp3) is 0.200. The van der Waals surface area contributed by atoms with E-state index >= 15 is 0 Å². The van der Waals surface area contributed by atoms with Crippen LogP contribution in [0.25, 0.3) is 0 Å². The Bertz CT molecular complexity index is 832. The highest BCUT2D eigenvalue weighted by Gasteiger charge is 2.07. The molecule has 0 atom stereocenters. The van der Waals surface area contributed by atoms with E-state index in [-0.39, 0.29) is 18.4 Å². The molecule has 0 aliphatic heterocycles. The van der Waals surface area contributed by atoms with E-state index in [1.807, 2.05) is 43.3 Å². The minimum atomic E-state index is -0.186. The molecule has 0 radical (unpaired) electrons. The van der Waals surface area contributed by atoms with Crippen LogP contribution in [-0.4, -0.2) is 39.5 Å². The van der Waals surface area contributed by atoms with Crippen molar-refractivity contribution < 1.29 is 9.59 Å². The fourth-order valence-corrected chi connectivity index (χ4v) is 2.22. The van der Waals surface area contributed by atoms with Gasteiger partial charge in [-0.1, -0.05) is 30.0 Å². The normalized spacial score (nSPS) is 9.56. The van der Waals surface area contributed by atoms with Gasteiger partial charge in [0.15, 0.2) is 0 Å². The van der Waals surface area contributed by atoms with Gasteiger partial charge in [0, 0.05) is 38.0 Å². The Labute approximate surface area is 148 Å². The summed E-state index contributed by atoms with van der Waals surface area (Å²) in [6.07, 6.45) is 0. The van der Waals surface area contributed by atoms with E-state index in [0.717, 1.165) is 5.69 Å². The zero-order chi connectivity index (χ0) is 18.2. The van der Waals surface area contributed by atoms with E-state index in [1.165, 1.54) is 0 Å². The van der Waals surface area contributed by atoms with Crippen molar-refractivity contribution in [1.82, 2.24) is 10.6 Å². The van der Waals surface area contributed by atoms with Crippen molar-refractivity contribution in [2.75, 3.05) is 32.6 Å². The Morgan fingerprint density at radius 2 is 1.80 bits per heavy atom. The van der Waals surface area contributed by atoms with Gasteiger partial charge in [0.25, 0.3) is 11.8 Å². The third-order valence-corrected chi connectivity index (χ3v) is 3.58. The Balaban J connectivity index is 2.03. The summed E-state index contributed by atoms with van der Waals surface area (Å²) in [6.45, 7) is 0.201. The van der Waals surface area contributed by atoms with E-state index < -0.39 is 0 Å². The molecule has 0 aliphatic rings. The van der Waals surface area contributed by atoms with E-state index in [9.17, 15) is 9.59 Å². The number of benzene rings is 2. The highest BCUT2D eigenvalue weighted by Crippen LogP contribution is 2.13. The number of hydrogen-bond donors (Lipinski definition) is 2. The van der Waals surface area contributed by atoms with Gasteiger partial charge < -0.3 is 15.5 Å². The number of amides is 2. The molecule has 2 aromatic rings. The van der Waals surface area contributed by atoms with Crippen LogP contribution in [0.5, 0.6) is 0 Å². The number of hydrogen-bond acceptors (Lipinski definition) is 3. The van der Waals surface area contributed by atoms with Crippen molar-refractivity contribution in [1.29, 1.82) is 0 Å². The molecular formula is C20H21N3O2. The van der Waals surface area contributed by atoms with Gasteiger partial charge in [-0.3, -0.25) is 9.59 Å². The summed E-state index contributed by atoms with van der Waals surface area (Å²) in [5, 5.41) is 5.35. The molecule has 0 unspecified atom stereocenters. The van der Waals surface area contributed by atoms with Gasteiger partial charge in [-0.05, 0) is 30.3 Å². The Morgan fingerprint density at radius 1 is 1.04 bits per heavy atom. The SMILES string of the molecule is CNC(=O)c1ccccc1C#CCNC(=O)c1cccc(N(C)C)c1. The fourth-order valence-electron chi connectivity index (χ4n) is 2.22. The lowest BCUT2D eigenvalue weighted by Gasteiger charge is -2.13. The number of nitrogens with zero attached hydrogens (tertiary/aromatic N) is 1.